The number of imide groups is 1. The van der Waals surface area contributed by atoms with Gasteiger partial charge in [-0.3, -0.25) is 14.5 Å². The van der Waals surface area contributed by atoms with Gasteiger partial charge in [0.1, 0.15) is 17.6 Å². The third kappa shape index (κ3) is 4.11. The van der Waals surface area contributed by atoms with Crippen LogP contribution >= 0.6 is 35.0 Å². The number of thioether (sulfide) groups is 1. The van der Waals surface area contributed by atoms with E-state index in [1.54, 1.807) is 37.3 Å². The molecule has 0 radical (unpaired) electrons. The molecule has 1 fully saturated rings. The van der Waals surface area contributed by atoms with Crippen molar-refractivity contribution in [2.24, 2.45) is 0 Å². The Balaban J connectivity index is 1.84. The Labute approximate surface area is 175 Å². The molecule has 6 nitrogen and oxygen atoms in total. The lowest BCUT2D eigenvalue weighted by atomic mass is 10.2. The Morgan fingerprint density at radius 3 is 2.75 bits per heavy atom. The van der Waals surface area contributed by atoms with Crippen LogP contribution in [0.25, 0.3) is 17.4 Å². The van der Waals surface area contributed by atoms with Gasteiger partial charge in [0.2, 0.25) is 0 Å². The van der Waals surface area contributed by atoms with Gasteiger partial charge < -0.3 is 9.15 Å². The molecule has 1 saturated heterocycles. The maximum Gasteiger partial charge on any atom is 0.329 e. The van der Waals surface area contributed by atoms with Crippen molar-refractivity contribution in [2.45, 2.75) is 19.9 Å². The Hall–Kier alpha value is -2.22. The number of carbonyl (C=O) groups excluding carboxylic acids is 3. The van der Waals surface area contributed by atoms with E-state index in [9.17, 15) is 14.4 Å². The van der Waals surface area contributed by atoms with Crippen LogP contribution in [0.1, 0.15) is 19.6 Å². The molecule has 2 heterocycles. The predicted octanol–water partition coefficient (Wildman–Crippen LogP) is 5.24. The van der Waals surface area contributed by atoms with Crippen molar-refractivity contribution < 1.29 is 23.5 Å². The van der Waals surface area contributed by atoms with Gasteiger partial charge in [-0.1, -0.05) is 23.2 Å². The fourth-order valence-corrected chi connectivity index (χ4v) is 3.84. The highest BCUT2D eigenvalue weighted by molar-refractivity contribution is 8.18. The van der Waals surface area contributed by atoms with Gasteiger partial charge in [-0.05, 0) is 55.9 Å². The minimum atomic E-state index is -1.00. The average Bonchev–Trinajstić information content (AvgIpc) is 3.21. The monoisotopic (exact) mass is 439 g/mol. The largest absolute Gasteiger partial charge is 0.464 e. The highest BCUT2D eigenvalue weighted by Crippen LogP contribution is 2.36. The zero-order valence-corrected chi connectivity index (χ0v) is 17.2. The van der Waals surface area contributed by atoms with Crippen molar-refractivity contribution >= 4 is 58.2 Å². The van der Waals surface area contributed by atoms with Gasteiger partial charge in [0.25, 0.3) is 11.1 Å². The summed E-state index contributed by atoms with van der Waals surface area (Å²) in [5.41, 5.74) is 0.609. The number of amides is 2. The summed E-state index contributed by atoms with van der Waals surface area (Å²) in [7, 11) is 0. The predicted molar refractivity (Wildman–Crippen MR) is 108 cm³/mol. The van der Waals surface area contributed by atoms with E-state index in [2.05, 4.69) is 0 Å². The molecule has 0 spiro atoms. The summed E-state index contributed by atoms with van der Waals surface area (Å²) in [5, 5.41) is 0.432. The second-order valence-corrected chi connectivity index (χ2v) is 7.64. The van der Waals surface area contributed by atoms with Gasteiger partial charge in [0.15, 0.2) is 0 Å². The zero-order valence-electron chi connectivity index (χ0n) is 14.9. The average molecular weight is 440 g/mol. The molecule has 0 saturated carbocycles. The fraction of sp³-hybridized carbons (Fsp3) is 0.211. The van der Waals surface area contributed by atoms with Crippen LogP contribution < -0.4 is 0 Å². The SMILES string of the molecule is CCOC(=O)[C@H](C)N1C(=O)S/C(=C/c2ccc(-c3cc(Cl)ccc3Cl)o2)C1=O. The second-order valence-electron chi connectivity index (χ2n) is 5.81. The van der Waals surface area contributed by atoms with E-state index in [4.69, 9.17) is 32.4 Å². The maximum absolute atomic E-state index is 12.6. The first kappa shape index (κ1) is 20.5. The molecule has 28 heavy (non-hydrogen) atoms. The van der Waals surface area contributed by atoms with Crippen molar-refractivity contribution in [3.8, 4) is 11.3 Å². The minimum absolute atomic E-state index is 0.152. The number of furan rings is 1. The van der Waals surface area contributed by atoms with Crippen molar-refractivity contribution in [1.82, 2.24) is 4.90 Å². The number of halogens is 2. The van der Waals surface area contributed by atoms with Crippen LogP contribution in [-0.4, -0.2) is 34.7 Å². The highest BCUT2D eigenvalue weighted by Gasteiger charge is 2.41. The standard InChI is InChI=1S/C19H15Cl2NO5S/c1-3-26-18(24)10(2)22-17(23)16(28-19(22)25)9-12-5-7-15(27-12)13-8-11(20)4-6-14(13)21/h4-10H,3H2,1-2H3/b16-9+/t10-/m0/s1. The first-order valence-electron chi connectivity index (χ1n) is 8.30. The van der Waals surface area contributed by atoms with Gasteiger partial charge >= 0.3 is 5.97 Å². The lowest BCUT2D eigenvalue weighted by Gasteiger charge is -2.19. The van der Waals surface area contributed by atoms with Crippen LogP contribution in [0.15, 0.2) is 39.7 Å². The van der Waals surface area contributed by atoms with E-state index in [1.165, 1.54) is 13.0 Å². The number of benzene rings is 1. The lowest BCUT2D eigenvalue weighted by molar-refractivity contribution is -0.150. The molecule has 0 bridgehead atoms. The van der Waals surface area contributed by atoms with E-state index in [1.807, 2.05) is 0 Å². The van der Waals surface area contributed by atoms with E-state index in [0.29, 0.717) is 27.1 Å². The molecule has 2 amide bonds. The van der Waals surface area contributed by atoms with Gasteiger partial charge in [0, 0.05) is 16.7 Å². The third-order valence-electron chi connectivity index (χ3n) is 3.93. The van der Waals surface area contributed by atoms with E-state index in [-0.39, 0.29) is 11.5 Å². The smallest absolute Gasteiger partial charge is 0.329 e. The molecule has 9 heteroatoms. The third-order valence-corrected chi connectivity index (χ3v) is 5.38. The molecular formula is C19H15Cl2NO5S. The molecule has 1 atom stereocenters. The van der Waals surface area contributed by atoms with Gasteiger partial charge in [-0.2, -0.15) is 0 Å². The minimum Gasteiger partial charge on any atom is -0.464 e. The van der Waals surface area contributed by atoms with Crippen molar-refractivity contribution in [1.29, 1.82) is 0 Å². The lowest BCUT2D eigenvalue weighted by Crippen LogP contribution is -2.42. The number of esters is 1. The molecule has 1 aliphatic heterocycles. The molecule has 0 unspecified atom stereocenters. The van der Waals surface area contributed by atoms with Gasteiger partial charge in [-0.15, -0.1) is 0 Å². The molecular weight excluding hydrogens is 425 g/mol. The molecule has 146 valence electrons. The molecule has 0 N–H and O–H groups in total. The Morgan fingerprint density at radius 1 is 1.29 bits per heavy atom. The first-order chi connectivity index (χ1) is 13.3. The van der Waals surface area contributed by atoms with E-state index >= 15 is 0 Å². The number of hydrogen-bond donors (Lipinski definition) is 0. The quantitative estimate of drug-likeness (QED) is 0.468. The van der Waals surface area contributed by atoms with Gasteiger partial charge in [-0.25, -0.2) is 4.79 Å². The summed E-state index contributed by atoms with van der Waals surface area (Å²) >= 11 is 12.9. The molecule has 3 rings (SSSR count). The number of ether oxygens (including phenoxy) is 1. The fourth-order valence-electron chi connectivity index (χ4n) is 2.57. The van der Waals surface area contributed by atoms with Gasteiger partial charge in [0.05, 0.1) is 16.5 Å². The summed E-state index contributed by atoms with van der Waals surface area (Å²) in [6.45, 7) is 3.26. The van der Waals surface area contributed by atoms with E-state index < -0.39 is 23.2 Å². The van der Waals surface area contributed by atoms with Crippen molar-refractivity contribution in [2.75, 3.05) is 6.61 Å². The number of hydrogen-bond acceptors (Lipinski definition) is 6. The summed E-state index contributed by atoms with van der Waals surface area (Å²) in [5.74, 6) is -0.380. The van der Waals surface area contributed by atoms with Crippen LogP contribution in [0.3, 0.4) is 0 Å². The number of rotatable bonds is 5. The normalized spacial score (nSPS) is 16.7. The highest BCUT2D eigenvalue weighted by atomic mass is 35.5. The Kier molecular flexibility index (Phi) is 6.17. The molecule has 1 aliphatic rings. The second kappa shape index (κ2) is 8.43. The summed E-state index contributed by atoms with van der Waals surface area (Å²) in [6, 6.07) is 7.32. The zero-order chi connectivity index (χ0) is 20.4. The molecule has 1 aromatic heterocycles. The van der Waals surface area contributed by atoms with Crippen molar-refractivity contribution in [3.63, 3.8) is 0 Å². The van der Waals surface area contributed by atoms with Crippen LogP contribution in [0.4, 0.5) is 4.79 Å². The van der Waals surface area contributed by atoms with Crippen LogP contribution in [0.2, 0.25) is 10.0 Å². The van der Waals surface area contributed by atoms with Crippen LogP contribution in [0, 0.1) is 0 Å². The van der Waals surface area contributed by atoms with Crippen molar-refractivity contribution in [3.05, 3.63) is 51.0 Å². The summed E-state index contributed by atoms with van der Waals surface area (Å²) < 4.78 is 10.6. The Bertz CT molecular complexity index is 984. The molecule has 1 aromatic carbocycles. The maximum atomic E-state index is 12.6. The summed E-state index contributed by atoms with van der Waals surface area (Å²) in [4.78, 5) is 37.7. The number of nitrogens with zero attached hydrogens (tertiary/aromatic N) is 1. The molecule has 0 aliphatic carbocycles. The Morgan fingerprint density at radius 2 is 2.04 bits per heavy atom. The number of carbonyl (C=O) groups is 3. The topological polar surface area (TPSA) is 76.8 Å². The van der Waals surface area contributed by atoms with Crippen LogP contribution in [-0.2, 0) is 14.3 Å². The van der Waals surface area contributed by atoms with E-state index in [0.717, 1.165) is 16.7 Å². The molecule has 2 aromatic rings. The first-order valence-corrected chi connectivity index (χ1v) is 9.88. The summed E-state index contributed by atoms with van der Waals surface area (Å²) in [6.07, 6.45) is 1.45. The van der Waals surface area contributed by atoms with Crippen LogP contribution in [0.5, 0.6) is 0 Å².